The number of carbonyl (C=O) groups excluding carboxylic acids is 3. The molecular formula is C35H44N2O4. The third-order valence-corrected chi connectivity index (χ3v) is 7.04. The number of rotatable bonds is 16. The van der Waals surface area contributed by atoms with Crippen LogP contribution in [0.4, 0.5) is 11.4 Å². The van der Waals surface area contributed by atoms with Crippen LogP contribution in [0.3, 0.4) is 0 Å². The first-order valence-corrected chi connectivity index (χ1v) is 14.9. The lowest BCUT2D eigenvalue weighted by Gasteiger charge is -2.13. The van der Waals surface area contributed by atoms with E-state index in [-0.39, 0.29) is 17.4 Å². The molecule has 0 spiro atoms. The molecule has 0 heterocycles. The first-order valence-electron chi connectivity index (χ1n) is 14.9. The van der Waals surface area contributed by atoms with Crippen LogP contribution in [0.5, 0.6) is 0 Å². The molecule has 0 fully saturated rings. The number of nitrogens with one attached hydrogen (secondary N) is 2. The number of hydrogen-bond donors (Lipinski definition) is 2. The number of benzene rings is 3. The van der Waals surface area contributed by atoms with Gasteiger partial charge in [0.1, 0.15) is 0 Å². The molecule has 0 bridgehead atoms. The zero-order chi connectivity index (χ0) is 29.5. The normalized spacial score (nSPS) is 10.7. The lowest BCUT2D eigenvalue weighted by Crippen LogP contribution is -2.16. The maximum absolute atomic E-state index is 12.9. The molecule has 218 valence electrons. The van der Waals surface area contributed by atoms with E-state index in [0.717, 1.165) is 30.4 Å². The molecule has 41 heavy (non-hydrogen) atoms. The van der Waals surface area contributed by atoms with E-state index in [9.17, 15) is 14.4 Å². The Morgan fingerprint density at radius 2 is 0.976 bits per heavy atom. The van der Waals surface area contributed by atoms with Crippen LogP contribution in [0.2, 0.25) is 0 Å². The first-order chi connectivity index (χ1) is 19.9. The molecule has 0 aliphatic carbocycles. The molecule has 0 unspecified atom stereocenters. The van der Waals surface area contributed by atoms with Crippen molar-refractivity contribution < 1.29 is 19.1 Å². The van der Waals surface area contributed by atoms with Gasteiger partial charge in [-0.15, -0.1) is 0 Å². The fourth-order valence-electron chi connectivity index (χ4n) is 4.54. The summed E-state index contributed by atoms with van der Waals surface area (Å²) in [6, 6.07) is 19.2. The number of amides is 2. The van der Waals surface area contributed by atoms with E-state index in [0.29, 0.717) is 29.1 Å². The van der Waals surface area contributed by atoms with Gasteiger partial charge in [-0.05, 0) is 62.7 Å². The zero-order valence-corrected chi connectivity index (χ0v) is 24.8. The maximum Gasteiger partial charge on any atom is 0.338 e. The minimum Gasteiger partial charge on any atom is -0.462 e. The van der Waals surface area contributed by atoms with Gasteiger partial charge in [-0.2, -0.15) is 0 Å². The summed E-state index contributed by atoms with van der Waals surface area (Å²) in [4.78, 5) is 38.7. The molecule has 2 amide bonds. The molecule has 0 aliphatic rings. The molecule has 6 heteroatoms. The zero-order valence-electron chi connectivity index (χ0n) is 24.8. The second kappa shape index (κ2) is 17.0. The third-order valence-electron chi connectivity index (χ3n) is 7.04. The van der Waals surface area contributed by atoms with Gasteiger partial charge in [0.05, 0.1) is 12.2 Å². The van der Waals surface area contributed by atoms with Crippen molar-refractivity contribution in [2.24, 2.45) is 0 Å². The van der Waals surface area contributed by atoms with Crippen LogP contribution in [-0.2, 0) is 4.74 Å². The molecule has 0 aliphatic heterocycles. The SMILES string of the molecule is CCCCCCCCCCCCOC(=O)c1cc(NC(=O)c2ccc(C)cc2)cc(NC(=O)c2ccc(C)cc2)c1. The Morgan fingerprint density at radius 1 is 0.561 bits per heavy atom. The van der Waals surface area contributed by atoms with Gasteiger partial charge >= 0.3 is 5.97 Å². The van der Waals surface area contributed by atoms with Gasteiger partial charge in [0.2, 0.25) is 0 Å². The molecule has 3 aromatic carbocycles. The number of anilines is 2. The van der Waals surface area contributed by atoms with Crippen molar-refractivity contribution in [2.45, 2.75) is 85.0 Å². The Hall–Kier alpha value is -3.93. The van der Waals surface area contributed by atoms with Crippen LogP contribution in [-0.4, -0.2) is 24.4 Å². The summed E-state index contributed by atoms with van der Waals surface area (Å²) in [5.41, 5.74) is 4.14. The third kappa shape index (κ3) is 11.2. The van der Waals surface area contributed by atoms with Gasteiger partial charge in [0.25, 0.3) is 11.8 Å². The minimum atomic E-state index is -0.488. The summed E-state index contributed by atoms with van der Waals surface area (Å²) in [6.45, 7) is 6.47. The molecule has 0 radical (unpaired) electrons. The van der Waals surface area contributed by atoms with Crippen molar-refractivity contribution in [1.29, 1.82) is 0 Å². The van der Waals surface area contributed by atoms with E-state index < -0.39 is 5.97 Å². The predicted molar refractivity (Wildman–Crippen MR) is 167 cm³/mol. The minimum absolute atomic E-state index is 0.262. The maximum atomic E-state index is 12.9. The van der Waals surface area contributed by atoms with Crippen molar-refractivity contribution in [3.8, 4) is 0 Å². The van der Waals surface area contributed by atoms with Crippen LogP contribution >= 0.6 is 0 Å². The van der Waals surface area contributed by atoms with Crippen molar-refractivity contribution >= 4 is 29.2 Å². The average Bonchev–Trinajstić information content (AvgIpc) is 2.96. The Morgan fingerprint density at radius 3 is 1.41 bits per heavy atom. The Labute approximate surface area is 244 Å². The van der Waals surface area contributed by atoms with Crippen molar-refractivity contribution in [1.82, 2.24) is 0 Å². The fraction of sp³-hybridized carbons (Fsp3) is 0.400. The van der Waals surface area contributed by atoms with Crippen LogP contribution in [0.1, 0.15) is 113 Å². The van der Waals surface area contributed by atoms with Gasteiger partial charge in [0.15, 0.2) is 0 Å². The summed E-state index contributed by atoms with van der Waals surface area (Å²) in [7, 11) is 0. The molecule has 3 rings (SSSR count). The number of esters is 1. The number of carbonyl (C=O) groups is 3. The van der Waals surface area contributed by atoms with Gasteiger partial charge in [-0.3, -0.25) is 9.59 Å². The second-order valence-electron chi connectivity index (χ2n) is 10.8. The van der Waals surface area contributed by atoms with Crippen LogP contribution in [0, 0.1) is 13.8 Å². The number of ether oxygens (including phenoxy) is 1. The molecule has 0 saturated heterocycles. The highest BCUT2D eigenvalue weighted by Gasteiger charge is 2.15. The Bertz CT molecular complexity index is 1190. The molecule has 0 saturated carbocycles. The highest BCUT2D eigenvalue weighted by Crippen LogP contribution is 2.22. The summed E-state index contributed by atoms with van der Waals surface area (Å²) in [6.07, 6.45) is 12.0. The highest BCUT2D eigenvalue weighted by molar-refractivity contribution is 6.07. The molecular weight excluding hydrogens is 512 g/mol. The standard InChI is InChI=1S/C35H44N2O4/c1-4-5-6-7-8-9-10-11-12-13-22-41-35(40)30-23-31(36-33(38)28-18-14-26(2)15-19-28)25-32(24-30)37-34(39)29-20-16-27(3)17-21-29/h14-21,23-25H,4-13,22H2,1-3H3,(H,36,38)(H,37,39). The molecule has 0 aromatic heterocycles. The molecule has 3 aromatic rings. The second-order valence-corrected chi connectivity index (χ2v) is 10.8. The summed E-state index contributed by atoms with van der Waals surface area (Å²) in [5.74, 6) is -1.11. The summed E-state index contributed by atoms with van der Waals surface area (Å²) in [5, 5.41) is 5.70. The average molecular weight is 557 g/mol. The van der Waals surface area contributed by atoms with E-state index in [1.807, 2.05) is 38.1 Å². The number of hydrogen-bond acceptors (Lipinski definition) is 4. The largest absolute Gasteiger partial charge is 0.462 e. The summed E-state index contributed by atoms with van der Waals surface area (Å²) >= 11 is 0. The Kier molecular flexibility index (Phi) is 13.1. The predicted octanol–water partition coefficient (Wildman–Crippen LogP) is 8.89. The van der Waals surface area contributed by atoms with Gasteiger partial charge in [-0.25, -0.2) is 4.79 Å². The molecule has 0 atom stereocenters. The first kappa shape index (κ1) is 31.6. The van der Waals surface area contributed by atoms with E-state index >= 15 is 0 Å². The van der Waals surface area contributed by atoms with Crippen LogP contribution in [0.25, 0.3) is 0 Å². The fourth-order valence-corrected chi connectivity index (χ4v) is 4.54. The van der Waals surface area contributed by atoms with Crippen molar-refractivity contribution in [2.75, 3.05) is 17.2 Å². The lowest BCUT2D eigenvalue weighted by atomic mass is 10.1. The van der Waals surface area contributed by atoms with Crippen molar-refractivity contribution in [3.63, 3.8) is 0 Å². The monoisotopic (exact) mass is 556 g/mol. The lowest BCUT2D eigenvalue weighted by molar-refractivity contribution is 0.0497. The molecule has 6 nitrogen and oxygen atoms in total. The number of aryl methyl sites for hydroxylation is 2. The smallest absolute Gasteiger partial charge is 0.338 e. The topological polar surface area (TPSA) is 84.5 Å². The molecule has 2 N–H and O–H groups in total. The van der Waals surface area contributed by atoms with Gasteiger partial charge in [-0.1, -0.05) is 100 Å². The van der Waals surface area contributed by atoms with E-state index in [4.69, 9.17) is 4.74 Å². The van der Waals surface area contributed by atoms with Gasteiger partial charge < -0.3 is 15.4 Å². The highest BCUT2D eigenvalue weighted by atomic mass is 16.5. The van der Waals surface area contributed by atoms with E-state index in [2.05, 4.69) is 17.6 Å². The Balaban J connectivity index is 1.60. The number of unbranched alkanes of at least 4 members (excludes halogenated alkanes) is 9. The summed E-state index contributed by atoms with van der Waals surface area (Å²) < 4.78 is 5.55. The van der Waals surface area contributed by atoms with Crippen molar-refractivity contribution in [3.05, 3.63) is 94.5 Å². The van der Waals surface area contributed by atoms with E-state index in [1.165, 1.54) is 44.9 Å². The quantitative estimate of drug-likeness (QED) is 0.136. The van der Waals surface area contributed by atoms with E-state index in [1.54, 1.807) is 42.5 Å². The van der Waals surface area contributed by atoms with Crippen LogP contribution < -0.4 is 10.6 Å². The van der Waals surface area contributed by atoms with Crippen LogP contribution in [0.15, 0.2) is 66.7 Å². The van der Waals surface area contributed by atoms with Gasteiger partial charge in [0, 0.05) is 22.5 Å².